The minimum Gasteiger partial charge on any atom is -0.462 e. The number of aromatic nitrogens is 1. The van der Waals surface area contributed by atoms with Crippen molar-refractivity contribution in [1.29, 1.82) is 0 Å². The average molecular weight is 444 g/mol. The molecule has 0 atom stereocenters. The number of aryl methyl sites for hydroxylation is 1. The molecule has 0 bridgehead atoms. The molecule has 0 unspecified atom stereocenters. The van der Waals surface area contributed by atoms with Crippen molar-refractivity contribution in [3.8, 4) is 5.75 Å². The highest BCUT2D eigenvalue weighted by molar-refractivity contribution is 6.16. The lowest BCUT2D eigenvalue weighted by Gasteiger charge is -2.12. The third-order valence-electron chi connectivity index (χ3n) is 5.91. The molecule has 0 fully saturated rings. The van der Waals surface area contributed by atoms with E-state index in [1.807, 2.05) is 67.6 Å². The Labute approximate surface area is 193 Å². The van der Waals surface area contributed by atoms with Crippen molar-refractivity contribution >= 4 is 33.6 Å². The molecule has 4 aromatic rings. The minimum absolute atomic E-state index is 0.175. The van der Waals surface area contributed by atoms with Gasteiger partial charge in [0, 0.05) is 28.4 Å². The number of esters is 2. The van der Waals surface area contributed by atoms with E-state index in [4.69, 9.17) is 9.47 Å². The summed E-state index contributed by atoms with van der Waals surface area (Å²) in [6.45, 7) is 7.00. The highest BCUT2D eigenvalue weighted by Gasteiger charge is 2.24. The number of nitrogens with zero attached hydrogens (tertiary/aromatic N) is 1. The van der Waals surface area contributed by atoms with Gasteiger partial charge in [-0.3, -0.25) is 4.79 Å². The molecule has 0 N–H and O–H groups in total. The molecule has 0 saturated heterocycles. The van der Waals surface area contributed by atoms with Gasteiger partial charge in [0.25, 0.3) is 0 Å². The summed E-state index contributed by atoms with van der Waals surface area (Å²) in [5.74, 6) is -0.241. The summed E-state index contributed by atoms with van der Waals surface area (Å²) >= 11 is 0. The van der Waals surface area contributed by atoms with Gasteiger partial charge in [0.2, 0.25) is 0 Å². The van der Waals surface area contributed by atoms with Gasteiger partial charge in [-0.05, 0) is 31.9 Å². The van der Waals surface area contributed by atoms with Gasteiger partial charge in [0.15, 0.2) is 0 Å². The smallest absolute Gasteiger partial charge is 0.340 e. The third-order valence-corrected chi connectivity index (χ3v) is 5.91. The molecule has 5 nitrogen and oxygen atoms in total. The van der Waals surface area contributed by atoms with E-state index in [0.717, 1.165) is 52.3 Å². The normalized spacial score (nSPS) is 11.1. The molecule has 0 spiro atoms. The molecule has 0 amide bonds. The van der Waals surface area contributed by atoms with Crippen molar-refractivity contribution in [2.75, 3.05) is 6.61 Å². The van der Waals surface area contributed by atoms with Crippen LogP contribution in [0.4, 0.5) is 0 Å². The maximum Gasteiger partial charge on any atom is 0.340 e. The first-order chi connectivity index (χ1) is 16.0. The van der Waals surface area contributed by atoms with E-state index in [2.05, 4.69) is 11.5 Å². The molecule has 0 aliphatic rings. The van der Waals surface area contributed by atoms with Crippen LogP contribution in [0.1, 0.15) is 48.3 Å². The van der Waals surface area contributed by atoms with Crippen LogP contribution >= 0.6 is 0 Å². The monoisotopic (exact) mass is 443 g/mol. The molecular weight excluding hydrogens is 414 g/mol. The summed E-state index contributed by atoms with van der Waals surface area (Å²) < 4.78 is 13.4. The van der Waals surface area contributed by atoms with Crippen LogP contribution in [0.5, 0.6) is 5.75 Å². The summed E-state index contributed by atoms with van der Waals surface area (Å²) in [5.41, 5.74) is 3.27. The van der Waals surface area contributed by atoms with Gasteiger partial charge >= 0.3 is 11.9 Å². The minimum atomic E-state index is -0.355. The first-order valence-corrected chi connectivity index (χ1v) is 11.5. The molecule has 4 rings (SSSR count). The van der Waals surface area contributed by atoms with Crippen molar-refractivity contribution in [3.63, 3.8) is 0 Å². The lowest BCUT2D eigenvalue weighted by Crippen LogP contribution is -2.11. The number of unbranched alkanes of at least 4 members (excludes halogenated alkanes) is 1. The number of ether oxygens (including phenoxy) is 2. The van der Waals surface area contributed by atoms with E-state index in [1.54, 1.807) is 6.92 Å². The second-order valence-electron chi connectivity index (χ2n) is 8.14. The molecule has 170 valence electrons. The maximum absolute atomic E-state index is 12.9. The molecule has 3 aromatic carbocycles. The van der Waals surface area contributed by atoms with Crippen molar-refractivity contribution < 1.29 is 19.1 Å². The van der Waals surface area contributed by atoms with Gasteiger partial charge in [0.1, 0.15) is 5.75 Å². The Kier molecular flexibility index (Phi) is 6.78. The zero-order valence-corrected chi connectivity index (χ0v) is 19.4. The van der Waals surface area contributed by atoms with Gasteiger partial charge in [-0.1, -0.05) is 67.9 Å². The number of hydrogen-bond acceptors (Lipinski definition) is 4. The number of benzene rings is 3. The Bertz CT molecular complexity index is 1300. The maximum atomic E-state index is 12.9. The molecule has 5 heteroatoms. The molecule has 0 radical (unpaired) electrons. The van der Waals surface area contributed by atoms with Gasteiger partial charge in [-0.2, -0.15) is 0 Å². The molecule has 33 heavy (non-hydrogen) atoms. The van der Waals surface area contributed by atoms with Gasteiger partial charge in [-0.15, -0.1) is 0 Å². The molecule has 1 aromatic heterocycles. The first-order valence-electron chi connectivity index (χ1n) is 11.5. The third kappa shape index (κ3) is 4.49. The lowest BCUT2D eigenvalue weighted by atomic mass is 10.0. The molecular formula is C28H29NO4. The molecule has 1 heterocycles. The van der Waals surface area contributed by atoms with Crippen LogP contribution in [0.15, 0.2) is 60.7 Å². The number of fused-ring (bicyclic) bond motifs is 3. The van der Waals surface area contributed by atoms with E-state index in [1.165, 1.54) is 0 Å². The second kappa shape index (κ2) is 9.90. The summed E-state index contributed by atoms with van der Waals surface area (Å²) in [4.78, 5) is 25.7. The fraction of sp³-hybridized carbons (Fsp3) is 0.286. The zero-order chi connectivity index (χ0) is 23.4. The van der Waals surface area contributed by atoms with Crippen LogP contribution < -0.4 is 4.74 Å². The van der Waals surface area contributed by atoms with Crippen LogP contribution in [0.3, 0.4) is 0 Å². The highest BCUT2D eigenvalue weighted by Crippen LogP contribution is 2.38. The van der Waals surface area contributed by atoms with Crippen LogP contribution in [0, 0.1) is 6.92 Å². The number of rotatable bonds is 8. The molecule has 0 aliphatic heterocycles. The Hall–Kier alpha value is -3.60. The predicted octanol–water partition coefficient (Wildman–Crippen LogP) is 6.23. The lowest BCUT2D eigenvalue weighted by molar-refractivity contribution is -0.133. The van der Waals surface area contributed by atoms with Crippen molar-refractivity contribution in [2.45, 2.75) is 46.6 Å². The predicted molar refractivity (Wildman–Crippen MR) is 131 cm³/mol. The van der Waals surface area contributed by atoms with E-state index >= 15 is 0 Å². The SMILES string of the molecule is CCCCn1c(C)c(C(=O)OCC)c2cc(OC(=O)Cc3ccccc3)c3ccccc3c21. The second-order valence-corrected chi connectivity index (χ2v) is 8.14. The largest absolute Gasteiger partial charge is 0.462 e. The fourth-order valence-electron chi connectivity index (χ4n) is 4.37. The summed E-state index contributed by atoms with van der Waals surface area (Å²) in [6.07, 6.45) is 2.21. The van der Waals surface area contributed by atoms with Crippen LogP contribution in [-0.2, 0) is 22.5 Å². The van der Waals surface area contributed by atoms with Crippen molar-refractivity contribution in [1.82, 2.24) is 4.57 Å². The topological polar surface area (TPSA) is 57.5 Å². The first kappa shape index (κ1) is 22.6. The number of carbonyl (C=O) groups excluding carboxylic acids is 2. The number of carbonyl (C=O) groups is 2. The zero-order valence-electron chi connectivity index (χ0n) is 19.4. The van der Waals surface area contributed by atoms with Crippen molar-refractivity contribution in [2.24, 2.45) is 0 Å². The van der Waals surface area contributed by atoms with Gasteiger partial charge < -0.3 is 14.0 Å². The van der Waals surface area contributed by atoms with Crippen LogP contribution in [0.25, 0.3) is 21.7 Å². The fourth-order valence-corrected chi connectivity index (χ4v) is 4.37. The number of hydrogen-bond donors (Lipinski definition) is 0. The average Bonchev–Trinajstić information content (AvgIpc) is 3.09. The Morgan fingerprint density at radius 1 is 0.909 bits per heavy atom. The molecule has 0 saturated carbocycles. The Morgan fingerprint density at radius 2 is 1.61 bits per heavy atom. The van der Waals surface area contributed by atoms with Gasteiger partial charge in [-0.25, -0.2) is 4.79 Å². The summed E-state index contributed by atoms with van der Waals surface area (Å²) in [6, 6.07) is 19.2. The van der Waals surface area contributed by atoms with E-state index < -0.39 is 0 Å². The molecule has 0 aliphatic carbocycles. The van der Waals surface area contributed by atoms with Crippen molar-refractivity contribution in [3.05, 3.63) is 77.5 Å². The van der Waals surface area contributed by atoms with Crippen LogP contribution in [0.2, 0.25) is 0 Å². The van der Waals surface area contributed by atoms with Crippen LogP contribution in [-0.4, -0.2) is 23.1 Å². The van der Waals surface area contributed by atoms with E-state index in [-0.39, 0.29) is 18.4 Å². The quantitative estimate of drug-likeness (QED) is 0.239. The van der Waals surface area contributed by atoms with E-state index in [9.17, 15) is 9.59 Å². The Balaban J connectivity index is 1.88. The highest BCUT2D eigenvalue weighted by atomic mass is 16.5. The summed E-state index contributed by atoms with van der Waals surface area (Å²) in [5, 5.41) is 2.55. The van der Waals surface area contributed by atoms with E-state index in [0.29, 0.717) is 17.9 Å². The summed E-state index contributed by atoms with van der Waals surface area (Å²) in [7, 11) is 0. The van der Waals surface area contributed by atoms with Gasteiger partial charge in [0.05, 0.1) is 24.1 Å². The standard InChI is InChI=1S/C28H29NO4/c1-4-6-16-29-19(3)26(28(31)32-5-2)23-18-24(21-14-10-11-15-22(21)27(23)29)33-25(30)17-20-12-8-7-9-13-20/h7-15,18H,4-6,16-17H2,1-3H3. The Morgan fingerprint density at radius 3 is 2.30 bits per heavy atom.